The van der Waals surface area contributed by atoms with Gasteiger partial charge in [0.15, 0.2) is 0 Å². The van der Waals surface area contributed by atoms with Crippen LogP contribution in [0.2, 0.25) is 0 Å². The highest BCUT2D eigenvalue weighted by Gasteiger charge is 2.35. The molecule has 1 aliphatic rings. The minimum atomic E-state index is -0.615. The molecule has 30 heavy (non-hydrogen) atoms. The predicted molar refractivity (Wildman–Crippen MR) is 119 cm³/mol. The number of aryl methyl sites for hydroxylation is 1. The molecule has 0 radical (unpaired) electrons. The van der Waals surface area contributed by atoms with E-state index in [2.05, 4.69) is 24.5 Å². The number of hydrogen-bond donors (Lipinski definition) is 2. The molecule has 0 bridgehead atoms. The number of nitrogens with one attached hydrogen (secondary N) is 2. The number of benzene rings is 1. The second kappa shape index (κ2) is 10.6. The van der Waals surface area contributed by atoms with Crippen LogP contribution in [0.15, 0.2) is 24.3 Å². The average Bonchev–Trinajstić information content (AvgIpc) is 2.71. The van der Waals surface area contributed by atoms with Gasteiger partial charge < -0.3 is 15.5 Å². The topological polar surface area (TPSA) is 78.5 Å². The van der Waals surface area contributed by atoms with E-state index < -0.39 is 6.04 Å². The molecule has 2 rings (SSSR count). The summed E-state index contributed by atoms with van der Waals surface area (Å²) in [5.41, 5.74) is 1.55. The lowest BCUT2D eigenvalue weighted by molar-refractivity contribution is -0.136. The Morgan fingerprint density at radius 2 is 1.63 bits per heavy atom. The fraction of sp³-hybridized carbons (Fsp3) is 0.625. The van der Waals surface area contributed by atoms with E-state index >= 15 is 0 Å². The van der Waals surface area contributed by atoms with Crippen molar-refractivity contribution in [3.05, 3.63) is 35.4 Å². The number of rotatable bonds is 7. The van der Waals surface area contributed by atoms with Crippen LogP contribution in [-0.4, -0.2) is 47.8 Å². The number of likely N-dealkylation sites (tertiary alicyclic amines) is 1. The fourth-order valence-electron chi connectivity index (χ4n) is 3.71. The summed E-state index contributed by atoms with van der Waals surface area (Å²) in [5, 5.41) is 6.05. The van der Waals surface area contributed by atoms with Gasteiger partial charge in [0.25, 0.3) is 5.91 Å². The van der Waals surface area contributed by atoms with Gasteiger partial charge in [0.2, 0.25) is 11.8 Å². The average molecular weight is 416 g/mol. The molecule has 2 unspecified atom stereocenters. The molecular weight excluding hydrogens is 378 g/mol. The molecule has 0 saturated carbocycles. The largest absolute Gasteiger partial charge is 0.352 e. The Hall–Kier alpha value is -2.37. The first-order valence-corrected chi connectivity index (χ1v) is 11.1. The number of amides is 3. The molecule has 1 fully saturated rings. The lowest BCUT2D eigenvalue weighted by Crippen LogP contribution is -2.55. The summed E-state index contributed by atoms with van der Waals surface area (Å²) in [6.07, 6.45) is 1.39. The highest BCUT2D eigenvalue weighted by molar-refractivity contribution is 5.97. The van der Waals surface area contributed by atoms with Crippen molar-refractivity contribution in [2.45, 2.75) is 66.5 Å². The summed E-state index contributed by atoms with van der Waals surface area (Å²) in [7, 11) is 0. The second-order valence-electron chi connectivity index (χ2n) is 9.18. The van der Waals surface area contributed by atoms with E-state index in [0.29, 0.717) is 37.4 Å². The van der Waals surface area contributed by atoms with Crippen LogP contribution in [0.25, 0.3) is 0 Å². The van der Waals surface area contributed by atoms with Crippen LogP contribution in [0.1, 0.15) is 63.4 Å². The van der Waals surface area contributed by atoms with Crippen molar-refractivity contribution in [2.24, 2.45) is 17.8 Å². The molecule has 1 aromatic rings. The van der Waals surface area contributed by atoms with Crippen molar-refractivity contribution in [3.63, 3.8) is 0 Å². The SMILES string of the molecule is Cc1cccc(C(=O)NC(C(=O)NC(C)C(C)C)C2CCN(C(=O)C(C)C)CC2)c1. The zero-order chi connectivity index (χ0) is 22.4. The molecule has 2 atom stereocenters. The van der Waals surface area contributed by atoms with E-state index in [1.54, 1.807) is 6.07 Å². The number of hydrogen-bond acceptors (Lipinski definition) is 3. The van der Waals surface area contributed by atoms with Crippen molar-refractivity contribution in [1.29, 1.82) is 0 Å². The van der Waals surface area contributed by atoms with E-state index in [0.717, 1.165) is 5.56 Å². The van der Waals surface area contributed by atoms with Gasteiger partial charge in [-0.05, 0) is 50.7 Å². The van der Waals surface area contributed by atoms with Gasteiger partial charge in [0, 0.05) is 30.6 Å². The van der Waals surface area contributed by atoms with Crippen molar-refractivity contribution in [1.82, 2.24) is 15.5 Å². The summed E-state index contributed by atoms with van der Waals surface area (Å²) < 4.78 is 0. The van der Waals surface area contributed by atoms with Crippen LogP contribution in [0.5, 0.6) is 0 Å². The molecule has 1 aliphatic heterocycles. The fourth-order valence-corrected chi connectivity index (χ4v) is 3.71. The maximum atomic E-state index is 13.1. The van der Waals surface area contributed by atoms with Crippen LogP contribution in [-0.2, 0) is 9.59 Å². The molecule has 3 amide bonds. The van der Waals surface area contributed by atoms with Gasteiger partial charge in [-0.1, -0.05) is 45.4 Å². The normalized spacial score (nSPS) is 17.0. The van der Waals surface area contributed by atoms with E-state index in [-0.39, 0.29) is 35.6 Å². The quantitative estimate of drug-likeness (QED) is 0.718. The summed E-state index contributed by atoms with van der Waals surface area (Å²) in [6, 6.07) is 6.76. The zero-order valence-electron chi connectivity index (χ0n) is 19.2. The molecule has 2 N–H and O–H groups in total. The third-order valence-electron chi connectivity index (χ3n) is 6.04. The van der Waals surface area contributed by atoms with Crippen molar-refractivity contribution >= 4 is 17.7 Å². The standard InChI is InChI=1S/C24H37N3O3/c1-15(2)18(6)25-23(29)21(26-22(28)20-9-7-8-17(5)14-20)19-10-12-27(13-11-19)24(30)16(3)4/h7-9,14-16,18-19,21H,10-13H2,1-6H3,(H,25,29)(H,26,28). The van der Waals surface area contributed by atoms with Gasteiger partial charge in [-0.15, -0.1) is 0 Å². The first-order chi connectivity index (χ1) is 14.1. The molecular formula is C24H37N3O3. The van der Waals surface area contributed by atoms with Crippen LogP contribution in [0, 0.1) is 24.7 Å². The van der Waals surface area contributed by atoms with Crippen LogP contribution in [0.3, 0.4) is 0 Å². The molecule has 1 saturated heterocycles. The van der Waals surface area contributed by atoms with Crippen LogP contribution < -0.4 is 10.6 Å². The van der Waals surface area contributed by atoms with E-state index in [1.165, 1.54) is 0 Å². The molecule has 0 spiro atoms. The molecule has 0 aromatic heterocycles. The Balaban J connectivity index is 2.14. The van der Waals surface area contributed by atoms with Gasteiger partial charge in [-0.25, -0.2) is 0 Å². The first-order valence-electron chi connectivity index (χ1n) is 11.1. The second-order valence-corrected chi connectivity index (χ2v) is 9.18. The molecule has 1 aromatic carbocycles. The minimum absolute atomic E-state index is 0.00525. The van der Waals surface area contributed by atoms with Gasteiger partial charge in [-0.2, -0.15) is 0 Å². The maximum absolute atomic E-state index is 13.1. The zero-order valence-corrected chi connectivity index (χ0v) is 19.2. The summed E-state index contributed by atoms with van der Waals surface area (Å²) in [5.74, 6) is 0.0183. The van der Waals surface area contributed by atoms with Gasteiger partial charge >= 0.3 is 0 Å². The molecule has 1 heterocycles. The van der Waals surface area contributed by atoms with E-state index in [4.69, 9.17) is 0 Å². The molecule has 0 aliphatic carbocycles. The van der Waals surface area contributed by atoms with E-state index in [9.17, 15) is 14.4 Å². The van der Waals surface area contributed by atoms with E-state index in [1.807, 2.05) is 50.8 Å². The highest BCUT2D eigenvalue weighted by Crippen LogP contribution is 2.23. The third-order valence-corrected chi connectivity index (χ3v) is 6.04. The minimum Gasteiger partial charge on any atom is -0.352 e. The monoisotopic (exact) mass is 415 g/mol. The predicted octanol–water partition coefficient (Wildman–Crippen LogP) is 3.15. The number of carbonyl (C=O) groups is 3. The third kappa shape index (κ3) is 6.31. The number of piperidine rings is 1. The molecule has 6 nitrogen and oxygen atoms in total. The Bertz CT molecular complexity index is 752. The smallest absolute Gasteiger partial charge is 0.251 e. The Labute approximate surface area is 180 Å². The van der Waals surface area contributed by atoms with Crippen molar-refractivity contribution in [3.8, 4) is 0 Å². The van der Waals surface area contributed by atoms with Gasteiger partial charge in [0.05, 0.1) is 0 Å². The Morgan fingerprint density at radius 3 is 2.17 bits per heavy atom. The summed E-state index contributed by atoms with van der Waals surface area (Å²) in [6.45, 7) is 13.1. The number of nitrogens with zero attached hydrogens (tertiary/aromatic N) is 1. The van der Waals surface area contributed by atoms with Crippen molar-refractivity contribution < 1.29 is 14.4 Å². The highest BCUT2D eigenvalue weighted by atomic mass is 16.2. The van der Waals surface area contributed by atoms with Crippen LogP contribution in [0.4, 0.5) is 0 Å². The van der Waals surface area contributed by atoms with Gasteiger partial charge in [0.1, 0.15) is 6.04 Å². The Morgan fingerprint density at radius 1 is 1.00 bits per heavy atom. The lowest BCUT2D eigenvalue weighted by Gasteiger charge is -2.37. The summed E-state index contributed by atoms with van der Waals surface area (Å²) in [4.78, 5) is 40.2. The first kappa shape index (κ1) is 23.9. The molecule has 166 valence electrons. The Kier molecular flexibility index (Phi) is 8.44. The number of carbonyl (C=O) groups excluding carboxylic acids is 3. The van der Waals surface area contributed by atoms with Crippen LogP contribution >= 0.6 is 0 Å². The van der Waals surface area contributed by atoms with Crippen molar-refractivity contribution in [2.75, 3.05) is 13.1 Å². The summed E-state index contributed by atoms with van der Waals surface area (Å²) >= 11 is 0. The van der Waals surface area contributed by atoms with Gasteiger partial charge in [-0.3, -0.25) is 14.4 Å². The maximum Gasteiger partial charge on any atom is 0.251 e. The lowest BCUT2D eigenvalue weighted by atomic mass is 9.87. The molecule has 6 heteroatoms.